The number of ether oxygens (including phenoxy) is 1. The summed E-state index contributed by atoms with van der Waals surface area (Å²) in [7, 11) is 0. The molecule has 0 aromatic rings. The highest BCUT2D eigenvalue weighted by atomic mass is 16.5. The van der Waals surface area contributed by atoms with E-state index in [1.165, 1.54) is 25.7 Å². The Kier molecular flexibility index (Phi) is 5.03. The van der Waals surface area contributed by atoms with E-state index in [0.29, 0.717) is 6.54 Å². The van der Waals surface area contributed by atoms with Gasteiger partial charge in [-0.25, -0.2) is 5.01 Å². The standard InChI is InChI=1S/C12H24N2O2/c15-12(9-11-3-1-2-4-11)10-13-14-5-7-16-8-6-14/h11-13,15H,1-10H2. The molecule has 2 aliphatic rings. The number of nitrogens with one attached hydrogen (secondary N) is 1. The van der Waals surface area contributed by atoms with Crippen LogP contribution in [-0.2, 0) is 4.74 Å². The highest BCUT2D eigenvalue weighted by Gasteiger charge is 2.19. The van der Waals surface area contributed by atoms with E-state index in [2.05, 4.69) is 10.4 Å². The van der Waals surface area contributed by atoms with Crippen molar-refractivity contribution < 1.29 is 9.84 Å². The first-order chi connectivity index (χ1) is 7.84. The molecule has 1 heterocycles. The molecular formula is C12H24N2O2. The average molecular weight is 228 g/mol. The van der Waals surface area contributed by atoms with Crippen LogP contribution in [0.25, 0.3) is 0 Å². The van der Waals surface area contributed by atoms with Gasteiger partial charge in [0.1, 0.15) is 0 Å². The van der Waals surface area contributed by atoms with Gasteiger partial charge in [0.15, 0.2) is 0 Å². The fourth-order valence-corrected chi connectivity index (χ4v) is 2.67. The smallest absolute Gasteiger partial charge is 0.0681 e. The number of morpholine rings is 1. The van der Waals surface area contributed by atoms with Gasteiger partial charge in [-0.1, -0.05) is 25.7 Å². The zero-order valence-corrected chi connectivity index (χ0v) is 10.0. The van der Waals surface area contributed by atoms with Crippen LogP contribution in [0.5, 0.6) is 0 Å². The molecule has 2 fully saturated rings. The van der Waals surface area contributed by atoms with Crippen LogP contribution in [0.1, 0.15) is 32.1 Å². The highest BCUT2D eigenvalue weighted by molar-refractivity contribution is 4.72. The van der Waals surface area contributed by atoms with Crippen molar-refractivity contribution in [3.05, 3.63) is 0 Å². The molecule has 2 rings (SSSR count). The minimum Gasteiger partial charge on any atom is -0.392 e. The first-order valence-electron chi connectivity index (χ1n) is 6.59. The summed E-state index contributed by atoms with van der Waals surface area (Å²) in [4.78, 5) is 0. The largest absolute Gasteiger partial charge is 0.392 e. The molecule has 0 aromatic heterocycles. The van der Waals surface area contributed by atoms with E-state index < -0.39 is 0 Å². The molecular weight excluding hydrogens is 204 g/mol. The van der Waals surface area contributed by atoms with Crippen molar-refractivity contribution >= 4 is 0 Å². The maximum absolute atomic E-state index is 9.92. The minimum absolute atomic E-state index is 0.189. The number of aliphatic hydroxyl groups excluding tert-OH is 1. The maximum atomic E-state index is 9.92. The molecule has 1 unspecified atom stereocenters. The van der Waals surface area contributed by atoms with E-state index in [4.69, 9.17) is 4.74 Å². The summed E-state index contributed by atoms with van der Waals surface area (Å²) in [6.45, 7) is 4.14. The van der Waals surface area contributed by atoms with Crippen molar-refractivity contribution in [2.75, 3.05) is 32.8 Å². The second kappa shape index (κ2) is 6.55. The third kappa shape index (κ3) is 4.01. The van der Waals surface area contributed by atoms with Crippen LogP contribution in [-0.4, -0.2) is 49.1 Å². The lowest BCUT2D eigenvalue weighted by Crippen LogP contribution is -2.48. The first kappa shape index (κ1) is 12.3. The molecule has 1 saturated heterocycles. The monoisotopic (exact) mass is 228 g/mol. The van der Waals surface area contributed by atoms with Crippen LogP contribution in [0.2, 0.25) is 0 Å². The van der Waals surface area contributed by atoms with E-state index in [9.17, 15) is 5.11 Å². The lowest BCUT2D eigenvalue weighted by molar-refractivity contribution is 0.00144. The van der Waals surface area contributed by atoms with Gasteiger partial charge in [0.25, 0.3) is 0 Å². The fourth-order valence-electron chi connectivity index (χ4n) is 2.67. The van der Waals surface area contributed by atoms with Crippen molar-refractivity contribution in [3.63, 3.8) is 0 Å². The Labute approximate surface area is 97.9 Å². The third-order valence-corrected chi connectivity index (χ3v) is 3.64. The molecule has 4 heteroatoms. The second-order valence-corrected chi connectivity index (χ2v) is 5.00. The van der Waals surface area contributed by atoms with Gasteiger partial charge in [-0.15, -0.1) is 0 Å². The van der Waals surface area contributed by atoms with E-state index >= 15 is 0 Å². The summed E-state index contributed by atoms with van der Waals surface area (Å²) < 4.78 is 5.27. The third-order valence-electron chi connectivity index (χ3n) is 3.64. The number of aliphatic hydroxyl groups is 1. The van der Waals surface area contributed by atoms with E-state index in [0.717, 1.165) is 38.6 Å². The molecule has 2 N–H and O–H groups in total. The molecule has 4 nitrogen and oxygen atoms in total. The van der Waals surface area contributed by atoms with Crippen LogP contribution >= 0.6 is 0 Å². The van der Waals surface area contributed by atoms with Crippen molar-refractivity contribution in [3.8, 4) is 0 Å². The van der Waals surface area contributed by atoms with Crippen LogP contribution in [0, 0.1) is 5.92 Å². The van der Waals surface area contributed by atoms with Crippen LogP contribution in [0.4, 0.5) is 0 Å². The van der Waals surface area contributed by atoms with E-state index in [-0.39, 0.29) is 6.10 Å². The molecule has 16 heavy (non-hydrogen) atoms. The lowest BCUT2D eigenvalue weighted by atomic mass is 10.0. The number of hydrogen-bond acceptors (Lipinski definition) is 4. The van der Waals surface area contributed by atoms with Gasteiger partial charge in [0.05, 0.1) is 19.3 Å². The van der Waals surface area contributed by atoms with E-state index in [1.807, 2.05) is 0 Å². The molecule has 0 radical (unpaired) electrons. The zero-order chi connectivity index (χ0) is 11.2. The quantitative estimate of drug-likeness (QED) is 0.729. The molecule has 0 spiro atoms. The second-order valence-electron chi connectivity index (χ2n) is 5.00. The summed E-state index contributed by atoms with van der Waals surface area (Å²) in [5, 5.41) is 12.1. The Morgan fingerprint density at radius 3 is 2.62 bits per heavy atom. The van der Waals surface area contributed by atoms with Crippen molar-refractivity contribution in [1.82, 2.24) is 10.4 Å². The molecule has 1 saturated carbocycles. The van der Waals surface area contributed by atoms with Crippen molar-refractivity contribution in [2.24, 2.45) is 5.92 Å². The normalized spacial score (nSPS) is 26.1. The Morgan fingerprint density at radius 1 is 1.25 bits per heavy atom. The fraction of sp³-hybridized carbons (Fsp3) is 1.00. The van der Waals surface area contributed by atoms with Crippen molar-refractivity contribution in [1.29, 1.82) is 0 Å². The number of rotatable bonds is 5. The summed E-state index contributed by atoms with van der Waals surface area (Å²) in [5.74, 6) is 0.765. The molecule has 94 valence electrons. The van der Waals surface area contributed by atoms with Gasteiger partial charge >= 0.3 is 0 Å². The predicted octanol–water partition coefficient (Wildman–Crippen LogP) is 0.764. The van der Waals surface area contributed by atoms with E-state index in [1.54, 1.807) is 0 Å². The Hall–Kier alpha value is -0.160. The first-order valence-corrected chi connectivity index (χ1v) is 6.59. The molecule has 1 aliphatic heterocycles. The molecule has 0 bridgehead atoms. The number of nitrogens with zero attached hydrogens (tertiary/aromatic N) is 1. The lowest BCUT2D eigenvalue weighted by Gasteiger charge is -2.28. The van der Waals surface area contributed by atoms with Crippen LogP contribution < -0.4 is 5.43 Å². The predicted molar refractivity (Wildman–Crippen MR) is 63.0 cm³/mol. The summed E-state index contributed by atoms with van der Waals surface area (Å²) >= 11 is 0. The van der Waals surface area contributed by atoms with Crippen LogP contribution in [0.15, 0.2) is 0 Å². The van der Waals surface area contributed by atoms with Gasteiger partial charge < -0.3 is 9.84 Å². The zero-order valence-electron chi connectivity index (χ0n) is 10.0. The van der Waals surface area contributed by atoms with Gasteiger partial charge in [0.2, 0.25) is 0 Å². The Balaban J connectivity index is 1.57. The Bertz CT molecular complexity index is 189. The summed E-state index contributed by atoms with van der Waals surface area (Å²) in [5.41, 5.74) is 3.30. The van der Waals surface area contributed by atoms with Gasteiger partial charge in [0, 0.05) is 19.6 Å². The summed E-state index contributed by atoms with van der Waals surface area (Å²) in [6.07, 6.45) is 6.12. The highest BCUT2D eigenvalue weighted by Crippen LogP contribution is 2.28. The van der Waals surface area contributed by atoms with Gasteiger partial charge in [-0.05, 0) is 12.3 Å². The number of hydrogen-bond donors (Lipinski definition) is 2. The topological polar surface area (TPSA) is 44.7 Å². The molecule has 1 aliphatic carbocycles. The van der Waals surface area contributed by atoms with Crippen molar-refractivity contribution in [2.45, 2.75) is 38.2 Å². The SMILES string of the molecule is OC(CNN1CCOCC1)CC1CCCC1. The van der Waals surface area contributed by atoms with Crippen LogP contribution in [0.3, 0.4) is 0 Å². The number of hydrazine groups is 1. The molecule has 0 aromatic carbocycles. The molecule has 1 atom stereocenters. The minimum atomic E-state index is -0.189. The van der Waals surface area contributed by atoms with Gasteiger partial charge in [-0.3, -0.25) is 5.43 Å². The Morgan fingerprint density at radius 2 is 1.94 bits per heavy atom. The summed E-state index contributed by atoms with van der Waals surface area (Å²) in [6, 6.07) is 0. The maximum Gasteiger partial charge on any atom is 0.0681 e. The molecule has 0 amide bonds. The van der Waals surface area contributed by atoms with Gasteiger partial charge in [-0.2, -0.15) is 0 Å². The average Bonchev–Trinajstić information content (AvgIpc) is 2.81.